The summed E-state index contributed by atoms with van der Waals surface area (Å²) in [6.45, 7) is 3.23. The molecule has 0 amide bonds. The third kappa shape index (κ3) is 3.28. The van der Waals surface area contributed by atoms with Crippen LogP contribution in [0.4, 0.5) is 5.69 Å². The first-order valence-electron chi connectivity index (χ1n) is 5.99. The zero-order valence-electron chi connectivity index (χ0n) is 11.2. The number of benzene rings is 1. The molecule has 0 bridgehead atoms. The van der Waals surface area contributed by atoms with Gasteiger partial charge in [0.2, 0.25) is 5.79 Å². The third-order valence-electron chi connectivity index (χ3n) is 2.60. The molecule has 1 aromatic carbocycles. The van der Waals surface area contributed by atoms with E-state index < -0.39 is 11.8 Å². The van der Waals surface area contributed by atoms with Crippen LogP contribution in [0, 0.1) is 11.3 Å². The summed E-state index contributed by atoms with van der Waals surface area (Å²) in [5.74, 6) is -1.25. The Balaban J connectivity index is 2.09. The average Bonchev–Trinajstić information content (AvgIpc) is 2.36. The number of hydroxylamine groups is 1. The predicted octanol–water partition coefficient (Wildman–Crippen LogP) is 1.95. The van der Waals surface area contributed by atoms with E-state index in [1.165, 1.54) is 6.08 Å². The Labute approximate surface area is 116 Å². The minimum Gasteiger partial charge on any atom is -0.455 e. The van der Waals surface area contributed by atoms with Gasteiger partial charge in [0.25, 0.3) is 0 Å². The minimum atomic E-state index is -1.05. The van der Waals surface area contributed by atoms with E-state index in [9.17, 15) is 10.0 Å². The first-order chi connectivity index (χ1) is 9.39. The van der Waals surface area contributed by atoms with Crippen molar-refractivity contribution in [1.82, 2.24) is 0 Å². The zero-order valence-corrected chi connectivity index (χ0v) is 11.2. The highest BCUT2D eigenvalue weighted by Gasteiger charge is 2.30. The number of rotatable bonds is 3. The predicted molar refractivity (Wildman–Crippen MR) is 69.6 cm³/mol. The van der Waals surface area contributed by atoms with Gasteiger partial charge in [-0.2, -0.15) is 5.26 Å². The van der Waals surface area contributed by atoms with Gasteiger partial charge in [-0.3, -0.25) is 5.21 Å². The highest BCUT2D eigenvalue weighted by Crippen LogP contribution is 2.23. The average molecular weight is 274 g/mol. The number of carbonyl (C=O) groups is 1. The molecule has 0 aliphatic carbocycles. The fraction of sp³-hybridized carbons (Fsp3) is 0.286. The molecule has 0 spiro atoms. The Morgan fingerprint density at radius 2 is 1.95 bits per heavy atom. The van der Waals surface area contributed by atoms with Crippen LogP contribution in [0.3, 0.4) is 0 Å². The van der Waals surface area contributed by atoms with Crippen LogP contribution in [0.25, 0.3) is 0 Å². The quantitative estimate of drug-likeness (QED) is 0.670. The molecule has 104 valence electrons. The van der Waals surface area contributed by atoms with Crippen molar-refractivity contribution in [2.75, 3.05) is 11.6 Å². The van der Waals surface area contributed by atoms with Crippen LogP contribution in [0.5, 0.6) is 0 Å². The topological polar surface area (TPSA) is 82.8 Å². The van der Waals surface area contributed by atoms with E-state index in [1.54, 1.807) is 38.1 Å². The van der Waals surface area contributed by atoms with Crippen LogP contribution in [-0.2, 0) is 14.3 Å². The van der Waals surface area contributed by atoms with Gasteiger partial charge in [-0.25, -0.2) is 9.86 Å². The third-order valence-corrected chi connectivity index (χ3v) is 2.60. The molecular formula is C14H14N2O4. The molecule has 20 heavy (non-hydrogen) atoms. The molecule has 1 aliphatic heterocycles. The lowest BCUT2D eigenvalue weighted by atomic mass is 10.2. The van der Waals surface area contributed by atoms with Gasteiger partial charge in [0, 0.05) is 13.8 Å². The van der Waals surface area contributed by atoms with Gasteiger partial charge in [-0.15, -0.1) is 0 Å². The summed E-state index contributed by atoms with van der Waals surface area (Å²) in [4.78, 5) is 11.4. The lowest BCUT2D eigenvalue weighted by Gasteiger charge is -2.31. The van der Waals surface area contributed by atoms with Gasteiger partial charge >= 0.3 is 5.97 Å². The Kier molecular flexibility index (Phi) is 3.63. The molecule has 0 radical (unpaired) electrons. The maximum absolute atomic E-state index is 11.4. The lowest BCUT2D eigenvalue weighted by Crippen LogP contribution is -2.37. The van der Waals surface area contributed by atoms with Gasteiger partial charge in [-0.05, 0) is 24.3 Å². The van der Waals surface area contributed by atoms with Crippen LogP contribution in [0.2, 0.25) is 0 Å². The molecular weight excluding hydrogens is 260 g/mol. The molecule has 1 N–H and O–H groups in total. The zero-order chi connectivity index (χ0) is 14.8. The van der Waals surface area contributed by atoms with Crippen molar-refractivity contribution < 1.29 is 19.5 Å². The van der Waals surface area contributed by atoms with Crippen molar-refractivity contribution in [2.24, 2.45) is 0 Å². The SMILES string of the molecule is CC1(C)OC(=O)C=C(CN(O)c2ccc(C#N)cc2)O1. The van der Waals surface area contributed by atoms with E-state index in [4.69, 9.17) is 14.7 Å². The number of cyclic esters (lactones) is 1. The van der Waals surface area contributed by atoms with Crippen molar-refractivity contribution in [3.05, 3.63) is 41.7 Å². The Morgan fingerprint density at radius 3 is 2.50 bits per heavy atom. The molecule has 0 atom stereocenters. The lowest BCUT2D eigenvalue weighted by molar-refractivity contribution is -0.205. The summed E-state index contributed by atoms with van der Waals surface area (Å²) >= 11 is 0. The van der Waals surface area contributed by atoms with Gasteiger partial charge in [0.15, 0.2) is 0 Å². The normalized spacial score (nSPS) is 16.5. The number of esters is 1. The number of carbonyl (C=O) groups excluding carboxylic acids is 1. The summed E-state index contributed by atoms with van der Waals surface area (Å²) in [5.41, 5.74) is 0.991. The number of ether oxygens (including phenoxy) is 2. The van der Waals surface area contributed by atoms with Crippen LogP contribution in [0.15, 0.2) is 36.1 Å². The van der Waals surface area contributed by atoms with Gasteiger partial charge in [0.05, 0.1) is 23.4 Å². The van der Waals surface area contributed by atoms with E-state index in [1.807, 2.05) is 6.07 Å². The first-order valence-corrected chi connectivity index (χ1v) is 5.99. The maximum Gasteiger partial charge on any atom is 0.337 e. The van der Waals surface area contributed by atoms with Crippen LogP contribution < -0.4 is 5.06 Å². The fourth-order valence-corrected chi connectivity index (χ4v) is 1.79. The molecule has 6 heteroatoms. The molecule has 1 heterocycles. The number of hydrogen-bond donors (Lipinski definition) is 1. The van der Waals surface area contributed by atoms with Crippen molar-refractivity contribution in [2.45, 2.75) is 19.6 Å². The summed E-state index contributed by atoms with van der Waals surface area (Å²) < 4.78 is 10.4. The van der Waals surface area contributed by atoms with E-state index in [-0.39, 0.29) is 6.54 Å². The van der Waals surface area contributed by atoms with E-state index >= 15 is 0 Å². The second-order valence-electron chi connectivity index (χ2n) is 4.75. The largest absolute Gasteiger partial charge is 0.455 e. The Bertz CT molecular complexity index is 584. The molecule has 1 aliphatic rings. The minimum absolute atomic E-state index is 0.00440. The van der Waals surface area contributed by atoms with Gasteiger partial charge in [-0.1, -0.05) is 0 Å². The standard InChI is InChI=1S/C14H14N2O4/c1-14(2)19-12(7-13(17)20-14)9-16(18)11-5-3-10(8-15)4-6-11/h3-7,18H,9H2,1-2H3. The molecule has 0 saturated heterocycles. The summed E-state index contributed by atoms with van der Waals surface area (Å²) in [5, 5.41) is 19.6. The van der Waals surface area contributed by atoms with Gasteiger partial charge < -0.3 is 9.47 Å². The molecule has 0 saturated carbocycles. The number of nitrogens with zero attached hydrogens (tertiary/aromatic N) is 2. The van der Waals surface area contributed by atoms with Crippen LogP contribution in [-0.4, -0.2) is 23.5 Å². The van der Waals surface area contributed by atoms with Gasteiger partial charge in [0.1, 0.15) is 12.3 Å². The van der Waals surface area contributed by atoms with Crippen molar-refractivity contribution >= 4 is 11.7 Å². The monoisotopic (exact) mass is 274 g/mol. The summed E-state index contributed by atoms with van der Waals surface area (Å²) in [6, 6.07) is 8.38. The second kappa shape index (κ2) is 5.23. The van der Waals surface area contributed by atoms with Crippen molar-refractivity contribution in [1.29, 1.82) is 5.26 Å². The first kappa shape index (κ1) is 13.9. The highest BCUT2D eigenvalue weighted by molar-refractivity contribution is 5.83. The maximum atomic E-state index is 11.4. The highest BCUT2D eigenvalue weighted by atomic mass is 16.7. The number of anilines is 1. The molecule has 1 aromatic rings. The molecule has 2 rings (SSSR count). The van der Waals surface area contributed by atoms with Crippen LogP contribution in [0.1, 0.15) is 19.4 Å². The number of hydrogen-bond acceptors (Lipinski definition) is 6. The fourth-order valence-electron chi connectivity index (χ4n) is 1.79. The molecule has 6 nitrogen and oxygen atoms in total. The molecule has 0 unspecified atom stereocenters. The molecule has 0 fully saturated rings. The smallest absolute Gasteiger partial charge is 0.337 e. The van der Waals surface area contributed by atoms with E-state index in [0.29, 0.717) is 17.0 Å². The summed E-state index contributed by atoms with van der Waals surface area (Å²) in [7, 11) is 0. The number of nitriles is 1. The second-order valence-corrected chi connectivity index (χ2v) is 4.75. The molecule has 0 aromatic heterocycles. The van der Waals surface area contributed by atoms with Crippen molar-refractivity contribution in [3.8, 4) is 6.07 Å². The summed E-state index contributed by atoms with van der Waals surface area (Å²) in [6.07, 6.45) is 1.19. The Morgan fingerprint density at radius 1 is 1.30 bits per heavy atom. The Hall–Kier alpha value is -2.52. The van der Waals surface area contributed by atoms with E-state index in [0.717, 1.165) is 5.06 Å². The van der Waals surface area contributed by atoms with Crippen LogP contribution >= 0.6 is 0 Å². The van der Waals surface area contributed by atoms with E-state index in [2.05, 4.69) is 0 Å². The van der Waals surface area contributed by atoms with Crippen molar-refractivity contribution in [3.63, 3.8) is 0 Å².